The van der Waals surface area contributed by atoms with Crippen LogP contribution in [0.5, 0.6) is 0 Å². The zero-order valence-corrected chi connectivity index (χ0v) is 27.1. The summed E-state index contributed by atoms with van der Waals surface area (Å²) in [4.78, 5) is 29.4. The van der Waals surface area contributed by atoms with Gasteiger partial charge in [0, 0.05) is 48.7 Å². The second kappa shape index (κ2) is 10.6. The van der Waals surface area contributed by atoms with Gasteiger partial charge in [-0.25, -0.2) is 0 Å². The summed E-state index contributed by atoms with van der Waals surface area (Å²) in [7, 11) is 3.48. The molecule has 6 aromatic rings. The molecule has 0 unspecified atom stereocenters. The van der Waals surface area contributed by atoms with Crippen molar-refractivity contribution in [3.8, 4) is 0 Å². The van der Waals surface area contributed by atoms with Crippen molar-refractivity contribution in [2.75, 3.05) is 20.8 Å². The average molecular weight is 644 g/mol. The van der Waals surface area contributed by atoms with Crippen LogP contribution in [0.2, 0.25) is 0 Å². The molecule has 48 heavy (non-hydrogen) atoms. The van der Waals surface area contributed by atoms with E-state index in [0.29, 0.717) is 19.6 Å². The topological polar surface area (TPSA) is 113 Å². The van der Waals surface area contributed by atoms with Crippen LogP contribution in [0.1, 0.15) is 41.1 Å². The number of aromatic nitrogens is 2. The molecule has 4 aromatic carbocycles. The summed E-state index contributed by atoms with van der Waals surface area (Å²) in [5.74, 6) is -0.289. The fourth-order valence-electron chi connectivity index (χ4n) is 8.77. The van der Waals surface area contributed by atoms with Crippen molar-refractivity contribution >= 4 is 55.4 Å². The first kappa shape index (κ1) is 29.4. The molecule has 3 aliphatic rings. The highest BCUT2D eigenvalue weighted by Crippen LogP contribution is 2.54. The second-order valence-electron chi connectivity index (χ2n) is 13.4. The van der Waals surface area contributed by atoms with E-state index in [0.717, 1.165) is 60.3 Å². The molecule has 5 heterocycles. The molecule has 0 spiro atoms. The van der Waals surface area contributed by atoms with Crippen molar-refractivity contribution in [1.29, 1.82) is 0 Å². The quantitative estimate of drug-likeness (QED) is 0.249. The summed E-state index contributed by atoms with van der Waals surface area (Å²) in [6, 6.07) is 25.1. The van der Waals surface area contributed by atoms with Crippen molar-refractivity contribution in [2.24, 2.45) is 5.73 Å². The summed E-state index contributed by atoms with van der Waals surface area (Å²) in [6.07, 6.45) is -0.577. The highest BCUT2D eigenvalue weighted by Gasteiger charge is 2.55. The Hall–Kier alpha value is -4.74. The number of rotatable bonds is 7. The number of fused-ring (bicyclic) bond motifs is 13. The highest BCUT2D eigenvalue weighted by molar-refractivity contribution is 6.31. The van der Waals surface area contributed by atoms with Crippen LogP contribution in [0, 0.1) is 0 Å². The van der Waals surface area contributed by atoms with Gasteiger partial charge >= 0.3 is 0 Å². The molecular formula is C38H37N5O5. The fourth-order valence-corrected chi connectivity index (χ4v) is 8.77. The van der Waals surface area contributed by atoms with Crippen molar-refractivity contribution in [3.63, 3.8) is 0 Å². The van der Waals surface area contributed by atoms with Gasteiger partial charge in [0.1, 0.15) is 18.4 Å². The summed E-state index contributed by atoms with van der Waals surface area (Å²) < 4.78 is 24.0. The van der Waals surface area contributed by atoms with Gasteiger partial charge in [-0.1, -0.05) is 66.7 Å². The van der Waals surface area contributed by atoms with Crippen LogP contribution in [0.15, 0.2) is 78.9 Å². The molecule has 10 heteroatoms. The van der Waals surface area contributed by atoms with Gasteiger partial charge < -0.3 is 39.3 Å². The van der Waals surface area contributed by atoms with Gasteiger partial charge in [0.25, 0.3) is 5.91 Å². The Morgan fingerprint density at radius 3 is 2.46 bits per heavy atom. The Morgan fingerprint density at radius 1 is 1.02 bits per heavy atom. The van der Waals surface area contributed by atoms with Gasteiger partial charge in [0.15, 0.2) is 5.72 Å². The van der Waals surface area contributed by atoms with Gasteiger partial charge in [0.2, 0.25) is 5.91 Å². The predicted molar refractivity (Wildman–Crippen MR) is 183 cm³/mol. The predicted octanol–water partition coefficient (Wildman–Crippen LogP) is 5.14. The summed E-state index contributed by atoms with van der Waals surface area (Å²) in [6.45, 7) is 2.97. The number of likely N-dealkylation sites (N-methyl/N-ethyl adjacent to an activating group) is 1. The normalized spacial score (nSPS) is 23.6. The van der Waals surface area contributed by atoms with E-state index in [-0.39, 0.29) is 18.4 Å². The molecule has 2 amide bonds. The molecule has 5 atom stereocenters. The van der Waals surface area contributed by atoms with Crippen LogP contribution in [0.25, 0.3) is 43.6 Å². The molecule has 9 rings (SSSR count). The third-order valence-electron chi connectivity index (χ3n) is 10.8. The van der Waals surface area contributed by atoms with Crippen molar-refractivity contribution < 1.29 is 23.8 Å². The zero-order chi connectivity index (χ0) is 32.9. The Labute approximate surface area is 276 Å². The number of carbonyl (C=O) groups excluding carboxylic acids is 2. The van der Waals surface area contributed by atoms with Crippen LogP contribution in [0.4, 0.5) is 0 Å². The Bertz CT molecular complexity index is 2290. The molecule has 3 aliphatic heterocycles. The van der Waals surface area contributed by atoms with Gasteiger partial charge in [-0.05, 0) is 30.2 Å². The second-order valence-corrected chi connectivity index (χ2v) is 13.4. The maximum atomic E-state index is 14.0. The van der Waals surface area contributed by atoms with Crippen LogP contribution in [-0.4, -0.2) is 64.8 Å². The molecule has 2 aromatic heterocycles. The van der Waals surface area contributed by atoms with E-state index in [1.165, 1.54) is 0 Å². The van der Waals surface area contributed by atoms with Crippen molar-refractivity contribution in [3.05, 3.63) is 95.6 Å². The lowest BCUT2D eigenvalue weighted by atomic mass is 9.91. The lowest BCUT2D eigenvalue weighted by Gasteiger charge is -2.50. The van der Waals surface area contributed by atoms with Gasteiger partial charge in [0.05, 0.1) is 46.9 Å². The van der Waals surface area contributed by atoms with E-state index >= 15 is 0 Å². The smallest absolute Gasteiger partial charge is 0.252 e. The van der Waals surface area contributed by atoms with E-state index in [9.17, 15) is 9.59 Å². The van der Waals surface area contributed by atoms with Crippen LogP contribution < -0.4 is 11.1 Å². The van der Waals surface area contributed by atoms with Crippen LogP contribution in [0.3, 0.4) is 0 Å². The van der Waals surface area contributed by atoms with Gasteiger partial charge in [-0.3, -0.25) is 9.59 Å². The van der Waals surface area contributed by atoms with Crippen molar-refractivity contribution in [2.45, 2.75) is 56.6 Å². The van der Waals surface area contributed by atoms with Crippen LogP contribution in [-0.2, 0) is 37.9 Å². The molecule has 2 bridgehead atoms. The van der Waals surface area contributed by atoms with Crippen LogP contribution >= 0.6 is 0 Å². The minimum absolute atomic E-state index is 0.0626. The fraction of sp³-hybridized carbons (Fsp3) is 0.316. The summed E-state index contributed by atoms with van der Waals surface area (Å²) in [5, 5.41) is 7.14. The average Bonchev–Trinajstić information content (AvgIpc) is 3.75. The lowest BCUT2D eigenvalue weighted by molar-refractivity contribution is -0.266. The minimum atomic E-state index is -1.04. The van der Waals surface area contributed by atoms with E-state index in [1.807, 2.05) is 54.6 Å². The first-order valence-corrected chi connectivity index (χ1v) is 16.5. The number of nitrogens with zero attached hydrogens (tertiary/aromatic N) is 3. The molecule has 1 saturated heterocycles. The van der Waals surface area contributed by atoms with E-state index in [1.54, 1.807) is 19.1 Å². The zero-order valence-electron chi connectivity index (χ0n) is 27.1. The molecule has 244 valence electrons. The first-order valence-electron chi connectivity index (χ1n) is 16.5. The number of carbonyl (C=O) groups is 2. The third-order valence-corrected chi connectivity index (χ3v) is 10.8. The summed E-state index contributed by atoms with van der Waals surface area (Å²) in [5.41, 5.74) is 12.1. The number of methoxy groups -OCH3 is 1. The summed E-state index contributed by atoms with van der Waals surface area (Å²) >= 11 is 0. The Morgan fingerprint density at radius 2 is 1.71 bits per heavy atom. The number of hydrogen-bond acceptors (Lipinski definition) is 6. The maximum Gasteiger partial charge on any atom is 0.252 e. The number of nitrogens with two attached hydrogens (primary N) is 1. The number of ether oxygens (including phenoxy) is 3. The van der Waals surface area contributed by atoms with E-state index < -0.39 is 30.1 Å². The van der Waals surface area contributed by atoms with Crippen molar-refractivity contribution in [1.82, 2.24) is 19.4 Å². The molecule has 3 N–H and O–H groups in total. The van der Waals surface area contributed by atoms with E-state index in [4.69, 9.17) is 19.9 Å². The lowest BCUT2D eigenvalue weighted by Crippen LogP contribution is -2.63. The largest absolute Gasteiger partial charge is 0.375 e. The Balaban J connectivity index is 1.22. The van der Waals surface area contributed by atoms with E-state index in [2.05, 4.69) is 45.6 Å². The number of para-hydroxylation sites is 2. The molecule has 0 saturated carbocycles. The standard InChI is InChI=1S/C38H37N5O5/c1-38-35(46-3)28(41(2)37(45)25(39)20-47-19-21-11-5-4-6-12-21)17-29(48-38)42-26-15-9-7-13-22(26)31-32-24(18-40-36(32)44)30-23-14-8-10-16-27(23)43(38)34(30)33(31)42/h4-16,25,28-29,35H,17-20,39H2,1-3H3,(H,40,44)/t25-,28+,29+,35+,38-/m0/s1. The number of hydrogen-bond donors (Lipinski definition) is 2. The molecule has 1 fully saturated rings. The molecule has 0 radical (unpaired) electrons. The minimum Gasteiger partial charge on any atom is -0.375 e. The number of nitrogens with one attached hydrogen (secondary N) is 1. The number of amides is 2. The SMILES string of the molecule is CO[C@@H]1[C@H](N(C)C(=O)[C@@H](N)COCc2ccccc2)C[C@H]2O[C@]1(C)n1c3ccccc3c3c4c(c5c6ccccc6n2c5c31)C(=O)NC4. The number of benzene rings is 4. The molecular weight excluding hydrogens is 606 g/mol. The van der Waals surface area contributed by atoms with Gasteiger partial charge in [-0.15, -0.1) is 0 Å². The molecule has 0 aliphatic carbocycles. The monoisotopic (exact) mass is 643 g/mol. The Kier molecular flexibility index (Phi) is 6.51. The van der Waals surface area contributed by atoms with Gasteiger partial charge in [-0.2, -0.15) is 0 Å². The maximum absolute atomic E-state index is 14.0. The molecule has 10 nitrogen and oxygen atoms in total. The highest BCUT2D eigenvalue weighted by atomic mass is 16.6. The first-order chi connectivity index (χ1) is 23.3. The third kappa shape index (κ3) is 3.88.